The van der Waals surface area contributed by atoms with Gasteiger partial charge in [0.2, 0.25) is 0 Å². The van der Waals surface area contributed by atoms with Gasteiger partial charge >= 0.3 is 0 Å². The first kappa shape index (κ1) is 19.2. The zero-order valence-corrected chi connectivity index (χ0v) is 16.0. The Morgan fingerprint density at radius 2 is 1.84 bits per heavy atom. The van der Waals surface area contributed by atoms with Gasteiger partial charge in [0.15, 0.2) is 0 Å². The van der Waals surface area contributed by atoms with Gasteiger partial charge in [0, 0.05) is 5.56 Å². The molecule has 0 atom stereocenters. The van der Waals surface area contributed by atoms with E-state index in [-0.39, 0.29) is 5.17 Å². The van der Waals surface area contributed by atoms with Gasteiger partial charge in [0.05, 0.1) is 12.8 Å². The average molecular weight is 359 g/mol. The zero-order valence-electron chi connectivity index (χ0n) is 15.2. The van der Waals surface area contributed by atoms with E-state index in [0.717, 1.165) is 40.3 Å². The minimum atomic E-state index is 0.00521. The van der Waals surface area contributed by atoms with Gasteiger partial charge in [0.25, 0.3) is 5.17 Å². The van der Waals surface area contributed by atoms with Gasteiger partial charge in [-0.25, -0.2) is 0 Å². The molecule has 2 aromatic carbocycles. The van der Waals surface area contributed by atoms with Crippen LogP contribution in [0.2, 0.25) is 0 Å². The highest BCUT2D eigenvalue weighted by Gasteiger charge is 2.18. The van der Waals surface area contributed by atoms with Crippen LogP contribution >= 0.6 is 12.2 Å². The summed E-state index contributed by atoms with van der Waals surface area (Å²) in [5.41, 5.74) is 4.83. The first-order chi connectivity index (χ1) is 12.0. The van der Waals surface area contributed by atoms with Crippen LogP contribution in [0, 0.1) is 6.92 Å². The summed E-state index contributed by atoms with van der Waals surface area (Å²) in [6, 6.07) is 12.0. The van der Waals surface area contributed by atoms with Crippen LogP contribution in [0.5, 0.6) is 5.75 Å². The smallest absolute Gasteiger partial charge is 0.288 e. The zero-order chi connectivity index (χ0) is 18.4. The second-order valence-electron chi connectivity index (χ2n) is 5.80. The molecule has 0 bridgehead atoms. The van der Waals surface area contributed by atoms with Gasteiger partial charge < -0.3 is 9.47 Å². The predicted octanol–water partition coefficient (Wildman–Crippen LogP) is 4.83. The minimum absolute atomic E-state index is 0.00521. The van der Waals surface area contributed by atoms with Crippen molar-refractivity contribution in [3.63, 3.8) is 0 Å². The van der Waals surface area contributed by atoms with Gasteiger partial charge in [-0.3, -0.25) is 5.21 Å². The molecule has 0 amide bonds. The Balaban J connectivity index is 2.29. The van der Waals surface area contributed by atoms with Crippen molar-refractivity contribution in [3.8, 4) is 5.75 Å². The first-order valence-corrected chi connectivity index (χ1v) is 8.82. The summed E-state index contributed by atoms with van der Waals surface area (Å²) in [4.78, 5) is 0. The molecule has 0 aliphatic carbocycles. The van der Waals surface area contributed by atoms with E-state index in [1.54, 1.807) is 0 Å². The maximum absolute atomic E-state index is 10.4. The van der Waals surface area contributed by atoms with Gasteiger partial charge in [-0.15, -0.1) is 0 Å². The molecule has 0 saturated carbocycles. The van der Waals surface area contributed by atoms with Crippen LogP contribution in [-0.4, -0.2) is 17.5 Å². The lowest BCUT2D eigenvalue weighted by Crippen LogP contribution is -2.28. The molecule has 4 nitrogen and oxygen atoms in total. The van der Waals surface area contributed by atoms with Crippen molar-refractivity contribution in [2.75, 3.05) is 12.2 Å². The summed E-state index contributed by atoms with van der Waals surface area (Å²) in [6.07, 6.45) is 1.76. The van der Waals surface area contributed by atoms with Crippen LogP contribution in [0.15, 0.2) is 36.4 Å². The molecule has 2 rings (SSSR count). The largest absolute Gasteiger partial charge is 0.489 e. The van der Waals surface area contributed by atoms with Crippen molar-refractivity contribution >= 4 is 23.1 Å². The first-order valence-electron chi connectivity index (χ1n) is 8.41. The highest BCUT2D eigenvalue weighted by molar-refractivity contribution is 7.80. The molecule has 0 aliphatic heterocycles. The molecule has 134 valence electrons. The maximum Gasteiger partial charge on any atom is 0.288 e. The number of anilines is 1. The van der Waals surface area contributed by atoms with Crippen molar-refractivity contribution in [1.82, 2.24) is 0 Å². The predicted molar refractivity (Wildman–Crippen MR) is 105 cm³/mol. The molecule has 1 N–H and O–H groups in total. The molecule has 25 heavy (non-hydrogen) atoms. The summed E-state index contributed by atoms with van der Waals surface area (Å²) >= 11 is 5.07. The molecule has 0 unspecified atom stereocenters. The lowest BCUT2D eigenvalue weighted by atomic mass is 10.0. The van der Waals surface area contributed by atoms with E-state index >= 15 is 0 Å². The monoisotopic (exact) mass is 359 g/mol. The second-order valence-corrected chi connectivity index (χ2v) is 6.15. The number of hydrogen-bond acceptors (Lipinski definition) is 4. The number of hydroxylamine groups is 1. The molecule has 0 spiro atoms. The van der Waals surface area contributed by atoms with E-state index in [2.05, 4.69) is 19.1 Å². The summed E-state index contributed by atoms with van der Waals surface area (Å²) < 4.78 is 11.0. The van der Waals surface area contributed by atoms with Crippen LogP contribution in [-0.2, 0) is 24.2 Å². The van der Waals surface area contributed by atoms with Crippen LogP contribution < -0.4 is 9.80 Å². The van der Waals surface area contributed by atoms with Crippen LogP contribution in [0.3, 0.4) is 0 Å². The number of rotatable bonds is 6. The molecule has 0 saturated heterocycles. The highest BCUT2D eigenvalue weighted by Crippen LogP contribution is 2.28. The van der Waals surface area contributed by atoms with E-state index in [9.17, 15) is 5.21 Å². The normalized spacial score (nSPS) is 10.4. The summed E-state index contributed by atoms with van der Waals surface area (Å²) in [6.45, 7) is 6.53. The van der Waals surface area contributed by atoms with Crippen LogP contribution in [0.25, 0.3) is 0 Å². The quantitative estimate of drug-likeness (QED) is 0.591. The molecule has 5 heteroatoms. The van der Waals surface area contributed by atoms with Crippen molar-refractivity contribution in [1.29, 1.82) is 0 Å². The number of thiocarbonyl (C=S) groups is 1. The highest BCUT2D eigenvalue weighted by atomic mass is 32.1. The molecule has 0 heterocycles. The standard InChI is InChI=1S/C20H25NO3S/c1-5-15-10-11-18(14(3)12-15)24-13-17-9-7-8-16(6-2)19(17)21(22)20(25)23-4/h7-12,22H,5-6,13H2,1-4H3. The number of aryl methyl sites for hydroxylation is 3. The van der Waals surface area contributed by atoms with Crippen LogP contribution in [0.1, 0.15) is 36.1 Å². The third-order valence-electron chi connectivity index (χ3n) is 4.17. The third-order valence-corrected chi connectivity index (χ3v) is 4.51. The lowest BCUT2D eigenvalue weighted by molar-refractivity contribution is 0.263. The number of benzene rings is 2. The van der Waals surface area contributed by atoms with Crippen LogP contribution in [0.4, 0.5) is 5.69 Å². The van der Waals surface area contributed by atoms with E-state index in [0.29, 0.717) is 12.3 Å². The molecular formula is C20H25NO3S. The van der Waals surface area contributed by atoms with Crippen molar-refractivity contribution in [2.45, 2.75) is 40.2 Å². The molecule has 2 aromatic rings. The van der Waals surface area contributed by atoms with E-state index in [4.69, 9.17) is 21.7 Å². The second kappa shape index (κ2) is 8.83. The van der Waals surface area contributed by atoms with Gasteiger partial charge in [-0.2, -0.15) is 5.06 Å². The lowest BCUT2D eigenvalue weighted by Gasteiger charge is -2.22. The van der Waals surface area contributed by atoms with Crippen molar-refractivity contribution < 1.29 is 14.7 Å². The summed E-state index contributed by atoms with van der Waals surface area (Å²) in [7, 11) is 1.44. The number of nitrogens with zero attached hydrogens (tertiary/aromatic N) is 1. The van der Waals surface area contributed by atoms with Gasteiger partial charge in [0.1, 0.15) is 12.4 Å². The van der Waals surface area contributed by atoms with E-state index in [1.807, 2.05) is 38.1 Å². The van der Waals surface area contributed by atoms with E-state index in [1.165, 1.54) is 12.7 Å². The molecule has 0 aromatic heterocycles. The number of ether oxygens (including phenoxy) is 2. The molecular weight excluding hydrogens is 334 g/mol. The minimum Gasteiger partial charge on any atom is -0.489 e. The Morgan fingerprint density at radius 1 is 1.12 bits per heavy atom. The Hall–Kier alpha value is -2.11. The topological polar surface area (TPSA) is 41.9 Å². The Kier molecular flexibility index (Phi) is 6.79. The summed E-state index contributed by atoms with van der Waals surface area (Å²) in [5, 5.41) is 11.3. The fraction of sp³-hybridized carbons (Fsp3) is 0.350. The Bertz CT molecular complexity index is 746. The number of hydrogen-bond donors (Lipinski definition) is 1. The Morgan fingerprint density at radius 3 is 2.44 bits per heavy atom. The maximum atomic E-state index is 10.4. The summed E-state index contributed by atoms with van der Waals surface area (Å²) in [5.74, 6) is 0.837. The molecule has 0 fully saturated rings. The van der Waals surface area contributed by atoms with Crippen molar-refractivity contribution in [3.05, 3.63) is 58.7 Å². The third kappa shape index (κ3) is 4.50. The van der Waals surface area contributed by atoms with Crippen molar-refractivity contribution in [2.24, 2.45) is 0 Å². The SMILES string of the molecule is CCc1ccc(OCc2cccc(CC)c2N(O)C(=S)OC)c(C)c1. The van der Waals surface area contributed by atoms with Gasteiger partial charge in [-0.1, -0.05) is 44.2 Å². The van der Waals surface area contributed by atoms with Gasteiger partial charge in [-0.05, 0) is 54.7 Å². The average Bonchev–Trinajstić information content (AvgIpc) is 2.65. The fourth-order valence-corrected chi connectivity index (χ4v) is 2.84. The Labute approximate surface area is 155 Å². The molecule has 0 aliphatic rings. The molecule has 0 radical (unpaired) electrons. The number of methoxy groups -OCH3 is 1. The number of para-hydroxylation sites is 1. The van der Waals surface area contributed by atoms with E-state index < -0.39 is 0 Å². The fourth-order valence-electron chi connectivity index (χ4n) is 2.74.